The van der Waals surface area contributed by atoms with E-state index in [1.807, 2.05) is 45.9 Å². The first kappa shape index (κ1) is 25.9. The first-order valence-electron chi connectivity index (χ1n) is 10.4. The van der Waals surface area contributed by atoms with Crippen LogP contribution in [0.4, 0.5) is 5.69 Å². The van der Waals surface area contributed by atoms with E-state index in [-0.39, 0.29) is 18.1 Å². The number of halogens is 1. The number of rotatable bonds is 8. The number of anilines is 1. The summed E-state index contributed by atoms with van der Waals surface area (Å²) in [4.78, 5) is 26.2. The number of nitrogens with zero attached hydrogens (tertiary/aromatic N) is 2. The van der Waals surface area contributed by atoms with Crippen molar-refractivity contribution in [3.63, 3.8) is 0 Å². The van der Waals surface area contributed by atoms with Crippen molar-refractivity contribution in [1.82, 2.24) is 4.90 Å². The second-order valence-electron chi connectivity index (χ2n) is 7.74. The van der Waals surface area contributed by atoms with Crippen LogP contribution in [0.15, 0.2) is 34.3 Å². The Morgan fingerprint density at radius 3 is 2.30 bits per heavy atom. The van der Waals surface area contributed by atoms with Gasteiger partial charge in [0.1, 0.15) is 11.6 Å². The molecule has 0 fully saturated rings. The lowest BCUT2D eigenvalue weighted by molar-refractivity contribution is -0.130. The Morgan fingerprint density at radius 2 is 1.76 bits per heavy atom. The fourth-order valence-electron chi connectivity index (χ4n) is 3.21. The van der Waals surface area contributed by atoms with Gasteiger partial charge < -0.3 is 19.7 Å². The molecule has 2 amide bonds. The molecule has 2 aromatic carbocycles. The predicted molar refractivity (Wildman–Crippen MR) is 132 cm³/mol. The summed E-state index contributed by atoms with van der Waals surface area (Å²) in [6.45, 7) is 7.86. The number of likely N-dealkylation sites (N-methyl/N-ethyl adjacent to an activating group) is 1. The zero-order chi connectivity index (χ0) is 24.7. The minimum atomic E-state index is -0.501. The highest BCUT2D eigenvalue weighted by molar-refractivity contribution is 9.10. The van der Waals surface area contributed by atoms with E-state index in [1.54, 1.807) is 26.2 Å². The van der Waals surface area contributed by atoms with Crippen LogP contribution >= 0.6 is 15.9 Å². The smallest absolute Gasteiger partial charge is 0.266 e. The van der Waals surface area contributed by atoms with Crippen LogP contribution in [0.3, 0.4) is 0 Å². The lowest BCUT2D eigenvalue weighted by Gasteiger charge is -2.16. The van der Waals surface area contributed by atoms with Gasteiger partial charge in [0.05, 0.1) is 11.1 Å². The quantitative estimate of drug-likeness (QED) is 0.404. The van der Waals surface area contributed by atoms with Crippen molar-refractivity contribution >= 4 is 39.5 Å². The zero-order valence-electron chi connectivity index (χ0n) is 19.7. The third kappa shape index (κ3) is 6.83. The van der Waals surface area contributed by atoms with Crippen LogP contribution < -0.4 is 14.8 Å². The van der Waals surface area contributed by atoms with Crippen molar-refractivity contribution in [2.75, 3.05) is 32.6 Å². The van der Waals surface area contributed by atoms with Crippen molar-refractivity contribution in [2.24, 2.45) is 0 Å². The molecule has 0 aliphatic rings. The highest BCUT2D eigenvalue weighted by Crippen LogP contribution is 2.37. The van der Waals surface area contributed by atoms with Crippen LogP contribution in [0, 0.1) is 32.1 Å². The Labute approximate surface area is 203 Å². The molecule has 0 heterocycles. The van der Waals surface area contributed by atoms with E-state index >= 15 is 0 Å². The number of hydrogen-bond donors (Lipinski definition) is 1. The normalized spacial score (nSPS) is 10.9. The summed E-state index contributed by atoms with van der Waals surface area (Å²) < 4.78 is 11.9. The molecule has 33 heavy (non-hydrogen) atoms. The van der Waals surface area contributed by atoms with Gasteiger partial charge in [-0.1, -0.05) is 17.7 Å². The van der Waals surface area contributed by atoms with Gasteiger partial charge >= 0.3 is 0 Å². The summed E-state index contributed by atoms with van der Waals surface area (Å²) in [7, 11) is 3.29. The molecule has 8 heteroatoms. The van der Waals surface area contributed by atoms with E-state index in [2.05, 4.69) is 21.2 Å². The maximum absolute atomic E-state index is 12.8. The number of benzene rings is 2. The number of carbonyl (C=O) groups is 2. The second-order valence-corrected chi connectivity index (χ2v) is 8.59. The average Bonchev–Trinajstić information content (AvgIpc) is 2.73. The maximum Gasteiger partial charge on any atom is 0.266 e. The van der Waals surface area contributed by atoms with Crippen molar-refractivity contribution < 1.29 is 19.1 Å². The van der Waals surface area contributed by atoms with Gasteiger partial charge in [-0.2, -0.15) is 5.26 Å². The standard InChI is InChI=1S/C25H28BrN3O4/c1-7-32-21-12-18(11-20(26)24(21)33-14-22(30)29(5)6)10-19(13-27)25(31)28-23-16(3)8-15(2)9-17(23)4/h8-12H,7,14H2,1-6H3,(H,28,31). The SMILES string of the molecule is CCOc1cc(C=C(C#N)C(=O)Nc2c(C)cc(C)cc2C)cc(Br)c1OCC(=O)N(C)C. The molecule has 0 aromatic heterocycles. The van der Waals surface area contributed by atoms with Gasteiger partial charge in [-0.3, -0.25) is 9.59 Å². The molecule has 0 saturated heterocycles. The van der Waals surface area contributed by atoms with E-state index in [0.29, 0.717) is 33.8 Å². The van der Waals surface area contributed by atoms with Crippen molar-refractivity contribution in [1.29, 1.82) is 5.26 Å². The summed E-state index contributed by atoms with van der Waals surface area (Å²) in [6, 6.07) is 9.28. The summed E-state index contributed by atoms with van der Waals surface area (Å²) in [6.07, 6.45) is 1.48. The van der Waals surface area contributed by atoms with Crippen LogP contribution in [0.25, 0.3) is 6.08 Å². The number of nitriles is 1. The van der Waals surface area contributed by atoms with Crippen LogP contribution in [-0.4, -0.2) is 44.0 Å². The highest BCUT2D eigenvalue weighted by Gasteiger charge is 2.17. The molecule has 0 spiro atoms. The molecule has 0 radical (unpaired) electrons. The van der Waals surface area contributed by atoms with Crippen molar-refractivity contribution in [3.8, 4) is 17.6 Å². The lowest BCUT2D eigenvalue weighted by atomic mass is 10.0. The number of amides is 2. The molecule has 0 aliphatic heterocycles. The van der Waals surface area contributed by atoms with Crippen LogP contribution in [0.2, 0.25) is 0 Å². The number of nitrogens with one attached hydrogen (secondary N) is 1. The second kappa shape index (κ2) is 11.5. The Balaban J connectivity index is 2.36. The molecule has 2 rings (SSSR count). The number of carbonyl (C=O) groups excluding carboxylic acids is 2. The molecule has 0 atom stereocenters. The Bertz CT molecular complexity index is 1110. The van der Waals surface area contributed by atoms with Crippen LogP contribution in [0.5, 0.6) is 11.5 Å². The number of hydrogen-bond acceptors (Lipinski definition) is 5. The molecule has 0 saturated carbocycles. The summed E-state index contributed by atoms with van der Waals surface area (Å²) in [5.41, 5.74) is 4.15. The van der Waals surface area contributed by atoms with Gasteiger partial charge in [-0.15, -0.1) is 0 Å². The Kier molecular flexibility index (Phi) is 9.06. The molecule has 0 bridgehead atoms. The van der Waals surface area contributed by atoms with Crippen molar-refractivity contribution in [2.45, 2.75) is 27.7 Å². The zero-order valence-corrected chi connectivity index (χ0v) is 21.3. The Hall–Kier alpha value is -3.31. The summed E-state index contributed by atoms with van der Waals surface area (Å²) in [5, 5.41) is 12.5. The minimum absolute atomic E-state index is 0.0554. The third-order valence-corrected chi connectivity index (χ3v) is 5.35. The first-order chi connectivity index (χ1) is 15.6. The van der Waals surface area contributed by atoms with Gasteiger partial charge in [0.15, 0.2) is 18.1 Å². The lowest BCUT2D eigenvalue weighted by Crippen LogP contribution is -2.27. The molecule has 0 unspecified atom stereocenters. The molecule has 2 aromatic rings. The van der Waals surface area contributed by atoms with Crippen LogP contribution in [-0.2, 0) is 9.59 Å². The van der Waals surface area contributed by atoms with E-state index in [1.165, 1.54) is 11.0 Å². The largest absolute Gasteiger partial charge is 0.490 e. The van der Waals surface area contributed by atoms with E-state index < -0.39 is 5.91 Å². The first-order valence-corrected chi connectivity index (χ1v) is 11.2. The van der Waals surface area contributed by atoms with Crippen LogP contribution in [0.1, 0.15) is 29.2 Å². The van der Waals surface area contributed by atoms with Gasteiger partial charge in [-0.05, 0) is 78.5 Å². The van der Waals surface area contributed by atoms with Gasteiger partial charge in [0.25, 0.3) is 11.8 Å². The van der Waals surface area contributed by atoms with Gasteiger partial charge in [-0.25, -0.2) is 0 Å². The molecule has 1 N–H and O–H groups in total. The third-order valence-electron chi connectivity index (χ3n) is 4.76. The monoisotopic (exact) mass is 513 g/mol. The average molecular weight is 514 g/mol. The summed E-state index contributed by atoms with van der Waals surface area (Å²) >= 11 is 3.44. The maximum atomic E-state index is 12.8. The van der Waals surface area contributed by atoms with Gasteiger partial charge in [0.2, 0.25) is 0 Å². The van der Waals surface area contributed by atoms with Crippen molar-refractivity contribution in [3.05, 3.63) is 56.6 Å². The number of aryl methyl sites for hydroxylation is 3. The fraction of sp³-hybridized carbons (Fsp3) is 0.320. The fourth-order valence-corrected chi connectivity index (χ4v) is 3.78. The molecule has 0 aliphatic carbocycles. The molecule has 174 valence electrons. The Morgan fingerprint density at radius 1 is 1.12 bits per heavy atom. The van der Waals surface area contributed by atoms with E-state index in [9.17, 15) is 14.9 Å². The van der Waals surface area contributed by atoms with Gasteiger partial charge in [0, 0.05) is 19.8 Å². The molecule has 7 nitrogen and oxygen atoms in total. The number of ether oxygens (including phenoxy) is 2. The topological polar surface area (TPSA) is 91.7 Å². The summed E-state index contributed by atoms with van der Waals surface area (Å²) in [5.74, 6) is 0.0719. The van der Waals surface area contributed by atoms with E-state index in [0.717, 1.165) is 16.7 Å². The highest BCUT2D eigenvalue weighted by atomic mass is 79.9. The minimum Gasteiger partial charge on any atom is -0.490 e. The molecular weight excluding hydrogens is 486 g/mol. The molecular formula is C25H28BrN3O4. The van der Waals surface area contributed by atoms with E-state index in [4.69, 9.17) is 9.47 Å². The predicted octanol–water partition coefficient (Wildman–Crippen LogP) is 4.79.